The van der Waals surface area contributed by atoms with Crippen molar-refractivity contribution < 1.29 is 49.3 Å². The second-order valence-corrected chi connectivity index (χ2v) is 20.7. The van der Waals surface area contributed by atoms with Gasteiger partial charge in [-0.3, -0.25) is 9.59 Å². The predicted octanol–water partition coefficient (Wildman–Crippen LogP) is 13.3. The molecule has 1 saturated heterocycles. The number of aliphatic hydroxyl groups is 5. The van der Waals surface area contributed by atoms with Crippen LogP contribution in [0, 0.1) is 0 Å². The van der Waals surface area contributed by atoms with Gasteiger partial charge in [-0.1, -0.05) is 244 Å². The first-order valence-corrected chi connectivity index (χ1v) is 29.6. The van der Waals surface area contributed by atoms with E-state index in [0.717, 1.165) is 57.8 Å². The molecular weight excluding hydrogens is 883 g/mol. The Bertz CT molecular complexity index is 1230. The lowest BCUT2D eigenvalue weighted by Crippen LogP contribution is -2.61. The van der Waals surface area contributed by atoms with Crippen molar-refractivity contribution in [3.05, 3.63) is 24.3 Å². The van der Waals surface area contributed by atoms with Crippen molar-refractivity contribution in [1.82, 2.24) is 5.32 Å². The molecule has 11 nitrogen and oxygen atoms in total. The maximum atomic E-state index is 13.3. The Morgan fingerprint density at radius 2 is 0.943 bits per heavy atom. The molecule has 1 aliphatic rings. The third-order valence-corrected chi connectivity index (χ3v) is 14.1. The number of amides is 1. The van der Waals surface area contributed by atoms with Crippen molar-refractivity contribution >= 4 is 11.9 Å². The molecule has 8 unspecified atom stereocenters. The number of unbranched alkanes of at least 4 members (excludes halogenated alkanes) is 34. The van der Waals surface area contributed by atoms with Crippen LogP contribution < -0.4 is 5.32 Å². The number of allylic oxidation sites excluding steroid dienone is 3. The van der Waals surface area contributed by atoms with Gasteiger partial charge in [0, 0.05) is 6.42 Å². The summed E-state index contributed by atoms with van der Waals surface area (Å²) in [6.45, 7) is 5.77. The fourth-order valence-electron chi connectivity index (χ4n) is 9.35. The molecule has 70 heavy (non-hydrogen) atoms. The molecule has 0 aromatic heterocycles. The summed E-state index contributed by atoms with van der Waals surface area (Å²) in [7, 11) is 0. The Labute approximate surface area is 429 Å². The van der Waals surface area contributed by atoms with Crippen LogP contribution in [-0.4, -0.2) is 99.6 Å². The topological polar surface area (TPSA) is 175 Å². The third kappa shape index (κ3) is 36.1. The Kier molecular flexibility index (Phi) is 45.5. The average Bonchev–Trinajstić information content (AvgIpc) is 3.36. The summed E-state index contributed by atoms with van der Waals surface area (Å²) < 4.78 is 17.6. The summed E-state index contributed by atoms with van der Waals surface area (Å²) in [5.74, 6) is -1.19. The van der Waals surface area contributed by atoms with E-state index in [2.05, 4.69) is 38.2 Å². The monoisotopic (exact) mass is 994 g/mol. The van der Waals surface area contributed by atoms with Crippen LogP contribution >= 0.6 is 0 Å². The van der Waals surface area contributed by atoms with Crippen LogP contribution in [0.1, 0.15) is 278 Å². The van der Waals surface area contributed by atoms with Crippen molar-refractivity contribution in [3.63, 3.8) is 0 Å². The van der Waals surface area contributed by atoms with Gasteiger partial charge in [0.1, 0.15) is 24.4 Å². The number of ether oxygens (including phenoxy) is 3. The minimum absolute atomic E-state index is 0.125. The van der Waals surface area contributed by atoms with Crippen molar-refractivity contribution in [1.29, 1.82) is 0 Å². The fraction of sp³-hybridized carbons (Fsp3) is 0.898. The Morgan fingerprint density at radius 1 is 0.543 bits per heavy atom. The fourth-order valence-corrected chi connectivity index (χ4v) is 9.35. The van der Waals surface area contributed by atoms with E-state index < -0.39 is 67.4 Å². The maximum absolute atomic E-state index is 13.3. The van der Waals surface area contributed by atoms with Crippen molar-refractivity contribution in [2.24, 2.45) is 0 Å². The van der Waals surface area contributed by atoms with Gasteiger partial charge in [-0.05, 0) is 51.4 Å². The van der Waals surface area contributed by atoms with Crippen LogP contribution in [-0.2, 0) is 23.8 Å². The summed E-state index contributed by atoms with van der Waals surface area (Å²) in [5, 5.41) is 56.7. The average molecular weight is 995 g/mol. The van der Waals surface area contributed by atoms with Gasteiger partial charge >= 0.3 is 5.97 Å². The molecule has 0 bridgehead atoms. The van der Waals surface area contributed by atoms with E-state index in [1.54, 1.807) is 6.08 Å². The summed E-state index contributed by atoms with van der Waals surface area (Å²) in [6, 6.07) is -1.02. The van der Waals surface area contributed by atoms with Crippen molar-refractivity contribution in [3.8, 4) is 0 Å². The predicted molar refractivity (Wildman–Crippen MR) is 288 cm³/mol. The highest BCUT2D eigenvalue weighted by Gasteiger charge is 2.47. The number of carbonyl (C=O) groups is 2. The Morgan fingerprint density at radius 3 is 1.39 bits per heavy atom. The number of carbonyl (C=O) groups excluding carboxylic acids is 2. The highest BCUT2D eigenvalue weighted by Crippen LogP contribution is 2.26. The van der Waals surface area contributed by atoms with Crippen LogP contribution in [0.2, 0.25) is 0 Å². The summed E-state index contributed by atoms with van der Waals surface area (Å²) in [4.78, 5) is 26.4. The normalized spacial score (nSPS) is 19.8. The molecular formula is C59H111NO10. The number of hydrogen-bond donors (Lipinski definition) is 6. The molecule has 1 fully saturated rings. The zero-order valence-corrected chi connectivity index (χ0v) is 45.4. The van der Waals surface area contributed by atoms with E-state index in [0.29, 0.717) is 19.3 Å². The van der Waals surface area contributed by atoms with E-state index in [4.69, 9.17) is 14.2 Å². The second-order valence-electron chi connectivity index (χ2n) is 20.7. The Balaban J connectivity index is 2.66. The van der Waals surface area contributed by atoms with Gasteiger partial charge < -0.3 is 45.1 Å². The van der Waals surface area contributed by atoms with Gasteiger partial charge in [-0.2, -0.15) is 0 Å². The lowest BCUT2D eigenvalue weighted by Gasteiger charge is -2.41. The van der Waals surface area contributed by atoms with Crippen molar-refractivity contribution in [2.45, 2.75) is 327 Å². The van der Waals surface area contributed by atoms with Gasteiger partial charge in [0.2, 0.25) is 5.91 Å². The highest BCUT2D eigenvalue weighted by molar-refractivity contribution is 5.80. The van der Waals surface area contributed by atoms with Gasteiger partial charge in [0.15, 0.2) is 12.4 Å². The van der Waals surface area contributed by atoms with Crippen LogP contribution in [0.25, 0.3) is 0 Å². The first kappa shape index (κ1) is 66.2. The molecule has 412 valence electrons. The molecule has 0 saturated carbocycles. The second kappa shape index (κ2) is 48.1. The Hall–Kier alpha value is -1.86. The number of rotatable bonds is 50. The molecule has 1 amide bonds. The quantitative estimate of drug-likeness (QED) is 0.0195. The number of esters is 1. The molecule has 0 aliphatic carbocycles. The van der Waals surface area contributed by atoms with Crippen LogP contribution in [0.15, 0.2) is 24.3 Å². The standard InChI is InChI=1S/C59H111NO10/c1-4-7-10-13-16-19-22-24-25-26-27-28-29-30-32-35-38-41-44-47-54(64)70-57-56(66)55(65)53(48-61)69-59(57)68-49-50(51(62)45-42-39-36-34-31-23-20-17-14-11-8-5-2)60-58(67)52(63)46-43-40-37-33-21-18-15-12-9-6-3/h24-25,42,45,50-53,55-57,59,61-63,65-66H,4-23,26-41,43-44,46-49H2,1-3H3,(H,60,67)/b25-24+,45-42+. The molecule has 11 heteroatoms. The summed E-state index contributed by atoms with van der Waals surface area (Å²) in [5.41, 5.74) is 0. The van der Waals surface area contributed by atoms with E-state index in [9.17, 15) is 35.1 Å². The molecule has 6 N–H and O–H groups in total. The molecule has 0 radical (unpaired) electrons. The van der Waals surface area contributed by atoms with Gasteiger partial charge in [0.25, 0.3) is 0 Å². The van der Waals surface area contributed by atoms with Gasteiger partial charge in [-0.15, -0.1) is 0 Å². The van der Waals surface area contributed by atoms with E-state index in [1.807, 2.05) is 6.08 Å². The van der Waals surface area contributed by atoms with Crippen LogP contribution in [0.3, 0.4) is 0 Å². The first-order valence-electron chi connectivity index (χ1n) is 29.6. The molecule has 1 rings (SSSR count). The van der Waals surface area contributed by atoms with Crippen LogP contribution in [0.4, 0.5) is 0 Å². The molecule has 0 aromatic carbocycles. The lowest BCUT2D eigenvalue weighted by molar-refractivity contribution is -0.305. The number of hydrogen-bond acceptors (Lipinski definition) is 10. The largest absolute Gasteiger partial charge is 0.454 e. The lowest BCUT2D eigenvalue weighted by atomic mass is 9.99. The van der Waals surface area contributed by atoms with Crippen LogP contribution in [0.5, 0.6) is 0 Å². The van der Waals surface area contributed by atoms with E-state index in [1.165, 1.54) is 173 Å². The maximum Gasteiger partial charge on any atom is 0.306 e. The SMILES string of the molecule is CCCCCCCC/C=C/CCCCCCCCCCCC(=O)OC1C(OCC(NC(=O)C(O)CCCCCCCCCCCC)C(O)/C=C/CCCCCCCCCCCC)OC(CO)C(O)C1O. The molecule has 1 aliphatic heterocycles. The molecule has 0 aromatic rings. The van der Waals surface area contributed by atoms with E-state index >= 15 is 0 Å². The van der Waals surface area contributed by atoms with Crippen molar-refractivity contribution in [2.75, 3.05) is 13.2 Å². The summed E-state index contributed by atoms with van der Waals surface area (Å²) in [6.07, 6.45) is 43.7. The molecule has 1 heterocycles. The highest BCUT2D eigenvalue weighted by atomic mass is 16.7. The smallest absolute Gasteiger partial charge is 0.306 e. The minimum atomic E-state index is -1.61. The number of nitrogens with one attached hydrogen (secondary N) is 1. The van der Waals surface area contributed by atoms with Gasteiger partial charge in [-0.25, -0.2) is 0 Å². The van der Waals surface area contributed by atoms with Gasteiger partial charge in [0.05, 0.1) is 25.4 Å². The molecule has 8 atom stereocenters. The third-order valence-electron chi connectivity index (χ3n) is 14.1. The zero-order valence-electron chi connectivity index (χ0n) is 45.4. The summed E-state index contributed by atoms with van der Waals surface area (Å²) >= 11 is 0. The number of aliphatic hydroxyl groups excluding tert-OH is 5. The minimum Gasteiger partial charge on any atom is -0.454 e. The first-order chi connectivity index (χ1) is 34.2. The zero-order chi connectivity index (χ0) is 51.1. The molecule has 0 spiro atoms. The van der Waals surface area contributed by atoms with E-state index in [-0.39, 0.29) is 13.0 Å².